The molecule has 0 saturated carbocycles. The zero-order valence-corrected chi connectivity index (χ0v) is 23.0. The lowest BCUT2D eigenvalue weighted by Crippen LogP contribution is -2.46. The van der Waals surface area contributed by atoms with Crippen LogP contribution in [0.25, 0.3) is 0 Å². The van der Waals surface area contributed by atoms with Crippen LogP contribution in [-0.4, -0.2) is 101 Å². The van der Waals surface area contributed by atoms with Gasteiger partial charge in [0.05, 0.1) is 18.9 Å². The molecule has 5 rings (SSSR count). The molecule has 40 heavy (non-hydrogen) atoms. The summed E-state index contributed by atoms with van der Waals surface area (Å²) >= 11 is 0. The van der Waals surface area contributed by atoms with Crippen molar-refractivity contribution in [1.29, 1.82) is 0 Å². The van der Waals surface area contributed by atoms with Crippen molar-refractivity contribution < 1.29 is 19.2 Å². The molecule has 2 amide bonds. The maximum Gasteiger partial charge on any atom is 0.263 e. The summed E-state index contributed by atoms with van der Waals surface area (Å²) in [5, 5.41) is 4.41. The van der Waals surface area contributed by atoms with Crippen molar-refractivity contribution in [2.75, 3.05) is 64.8 Å². The Morgan fingerprint density at radius 3 is 2.38 bits per heavy atom. The van der Waals surface area contributed by atoms with E-state index in [-0.39, 0.29) is 30.3 Å². The lowest BCUT2D eigenvalue weighted by Gasteiger charge is -2.37. The van der Waals surface area contributed by atoms with Crippen LogP contribution < -0.4 is 5.73 Å². The molecular weight excluding hydrogens is 510 g/mol. The number of nitrogen functional groups attached to an aromatic ring is 1. The molecule has 0 atom stereocenters. The highest BCUT2D eigenvalue weighted by Gasteiger charge is 2.33. The Balaban J connectivity index is 1.12. The number of carbonyl (C=O) groups is 2. The lowest BCUT2D eigenvalue weighted by atomic mass is 9.88. The van der Waals surface area contributed by atoms with Gasteiger partial charge >= 0.3 is 0 Å². The Bertz CT molecular complexity index is 1160. The Morgan fingerprint density at radius 1 is 0.925 bits per heavy atom. The van der Waals surface area contributed by atoms with Gasteiger partial charge in [0.15, 0.2) is 6.61 Å². The summed E-state index contributed by atoms with van der Waals surface area (Å²) in [5.41, 5.74) is 8.46. The monoisotopic (exact) mass is 549 g/mol. The Labute approximate surface area is 235 Å². The smallest absolute Gasteiger partial charge is 0.263 e. The van der Waals surface area contributed by atoms with Gasteiger partial charge in [-0.1, -0.05) is 11.2 Å². The minimum Gasteiger partial charge on any atom is -0.385 e. The number of oxime groups is 1. The number of hydrogen-bond acceptors (Lipinski definition) is 9. The van der Waals surface area contributed by atoms with E-state index in [2.05, 4.69) is 20.0 Å². The first kappa shape index (κ1) is 28.0. The zero-order chi connectivity index (χ0) is 27.7. The largest absolute Gasteiger partial charge is 0.385 e. The Kier molecular flexibility index (Phi) is 9.56. The van der Waals surface area contributed by atoms with Gasteiger partial charge in [-0.05, 0) is 68.6 Å². The van der Waals surface area contributed by atoms with Gasteiger partial charge in [-0.15, -0.1) is 0 Å². The molecule has 0 aromatic carbocycles. The summed E-state index contributed by atoms with van der Waals surface area (Å²) in [6.45, 7) is 6.11. The van der Waals surface area contributed by atoms with E-state index in [9.17, 15) is 9.59 Å². The van der Waals surface area contributed by atoms with E-state index in [1.807, 2.05) is 35.2 Å². The number of amides is 2. The molecule has 11 heteroatoms. The van der Waals surface area contributed by atoms with Gasteiger partial charge in [0.25, 0.3) is 5.91 Å². The molecule has 214 valence electrons. The first-order valence-corrected chi connectivity index (χ1v) is 14.2. The molecule has 3 fully saturated rings. The molecule has 0 radical (unpaired) electrons. The number of rotatable bonds is 8. The van der Waals surface area contributed by atoms with E-state index in [0.29, 0.717) is 45.2 Å². The highest BCUT2D eigenvalue weighted by molar-refractivity contribution is 6.00. The zero-order valence-electron chi connectivity index (χ0n) is 23.0. The predicted octanol–water partition coefficient (Wildman–Crippen LogP) is 1.79. The van der Waals surface area contributed by atoms with Gasteiger partial charge in [-0.25, -0.2) is 4.98 Å². The second-order valence-electron chi connectivity index (χ2n) is 10.7. The standard InChI is InChI=1S/C29H39N7O4/c30-26-19-22(4-10-32-26)20-34-11-5-24(6-12-34)29(38)36-13-7-23(8-14-36)28(25-3-1-2-9-31-25)33-40-21-27(37)35-15-17-39-18-16-35/h1-4,9-10,19,23-24H,5-8,11-18,20-21H2,(H2,30,32). The second kappa shape index (κ2) is 13.7. The number of anilines is 1. The van der Waals surface area contributed by atoms with Crippen LogP contribution in [0.4, 0.5) is 5.82 Å². The van der Waals surface area contributed by atoms with Crippen LogP contribution in [0.2, 0.25) is 0 Å². The minimum atomic E-state index is -0.110. The topological polar surface area (TPSA) is 126 Å². The third-order valence-electron chi connectivity index (χ3n) is 8.02. The molecule has 5 heterocycles. The number of pyridine rings is 2. The number of aromatic nitrogens is 2. The van der Waals surface area contributed by atoms with Crippen LogP contribution in [0.5, 0.6) is 0 Å². The highest BCUT2D eigenvalue weighted by Crippen LogP contribution is 2.27. The van der Waals surface area contributed by atoms with Crippen LogP contribution >= 0.6 is 0 Å². The summed E-state index contributed by atoms with van der Waals surface area (Å²) in [6, 6.07) is 9.61. The Morgan fingerprint density at radius 2 is 1.68 bits per heavy atom. The summed E-state index contributed by atoms with van der Waals surface area (Å²) < 4.78 is 5.32. The van der Waals surface area contributed by atoms with Crippen molar-refractivity contribution in [2.24, 2.45) is 17.0 Å². The lowest BCUT2D eigenvalue weighted by molar-refractivity contribution is -0.140. The summed E-state index contributed by atoms with van der Waals surface area (Å²) in [5.74, 6) is 0.870. The molecule has 0 unspecified atom stereocenters. The fourth-order valence-electron chi connectivity index (χ4n) is 5.73. The van der Waals surface area contributed by atoms with Gasteiger partial charge in [0.1, 0.15) is 11.5 Å². The molecular formula is C29H39N7O4. The molecule has 11 nitrogen and oxygen atoms in total. The highest BCUT2D eigenvalue weighted by atomic mass is 16.6. The van der Waals surface area contributed by atoms with Gasteiger partial charge in [-0.2, -0.15) is 0 Å². The van der Waals surface area contributed by atoms with Gasteiger partial charge in [-0.3, -0.25) is 19.5 Å². The molecule has 2 aromatic rings. The van der Waals surface area contributed by atoms with E-state index >= 15 is 0 Å². The number of carbonyl (C=O) groups excluding carboxylic acids is 2. The number of nitrogens with two attached hydrogens (primary N) is 1. The van der Waals surface area contributed by atoms with E-state index in [4.69, 9.17) is 15.3 Å². The number of likely N-dealkylation sites (tertiary alicyclic amines) is 2. The number of nitrogens with zero attached hydrogens (tertiary/aromatic N) is 6. The number of morpholine rings is 1. The fraction of sp³-hybridized carbons (Fsp3) is 0.552. The van der Waals surface area contributed by atoms with E-state index in [1.54, 1.807) is 17.3 Å². The maximum atomic E-state index is 13.4. The minimum absolute atomic E-state index is 0.0637. The Hall–Kier alpha value is -3.57. The van der Waals surface area contributed by atoms with E-state index < -0.39 is 0 Å². The molecule has 0 spiro atoms. The van der Waals surface area contributed by atoms with Gasteiger partial charge in [0.2, 0.25) is 5.91 Å². The molecule has 3 aliphatic heterocycles. The molecule has 2 aromatic heterocycles. The van der Waals surface area contributed by atoms with Crippen molar-refractivity contribution in [3.05, 3.63) is 54.0 Å². The average Bonchev–Trinajstić information content (AvgIpc) is 3.00. The number of piperidine rings is 2. The third-order valence-corrected chi connectivity index (χ3v) is 8.02. The van der Waals surface area contributed by atoms with Crippen LogP contribution in [0.1, 0.15) is 36.9 Å². The van der Waals surface area contributed by atoms with Crippen molar-refractivity contribution in [2.45, 2.75) is 32.2 Å². The normalized spacial score (nSPS) is 19.9. The molecule has 0 aliphatic carbocycles. The van der Waals surface area contributed by atoms with Crippen LogP contribution in [0, 0.1) is 11.8 Å². The molecule has 2 N–H and O–H groups in total. The van der Waals surface area contributed by atoms with Crippen molar-refractivity contribution in [3.8, 4) is 0 Å². The van der Waals surface area contributed by atoms with Crippen molar-refractivity contribution in [3.63, 3.8) is 0 Å². The van der Waals surface area contributed by atoms with Crippen LogP contribution in [0.15, 0.2) is 47.9 Å². The molecule has 0 bridgehead atoms. The van der Waals surface area contributed by atoms with Crippen LogP contribution in [0.3, 0.4) is 0 Å². The molecule has 3 aliphatic rings. The number of hydrogen-bond donors (Lipinski definition) is 1. The summed E-state index contributed by atoms with van der Waals surface area (Å²) in [7, 11) is 0. The van der Waals surface area contributed by atoms with Gasteiger partial charge < -0.3 is 25.1 Å². The first-order chi connectivity index (χ1) is 19.6. The maximum absolute atomic E-state index is 13.4. The summed E-state index contributed by atoms with van der Waals surface area (Å²) in [6.07, 6.45) is 6.77. The first-order valence-electron chi connectivity index (χ1n) is 14.2. The number of ether oxygens (including phenoxy) is 1. The predicted molar refractivity (Wildman–Crippen MR) is 150 cm³/mol. The third kappa shape index (κ3) is 7.33. The van der Waals surface area contributed by atoms with E-state index in [1.165, 1.54) is 0 Å². The summed E-state index contributed by atoms with van der Waals surface area (Å²) in [4.78, 5) is 46.1. The van der Waals surface area contributed by atoms with Crippen LogP contribution in [-0.2, 0) is 25.7 Å². The second-order valence-corrected chi connectivity index (χ2v) is 10.7. The van der Waals surface area contributed by atoms with Crippen molar-refractivity contribution >= 4 is 23.3 Å². The van der Waals surface area contributed by atoms with Crippen molar-refractivity contribution in [1.82, 2.24) is 24.7 Å². The fourth-order valence-corrected chi connectivity index (χ4v) is 5.73. The average molecular weight is 550 g/mol. The quantitative estimate of drug-likeness (QED) is 0.390. The molecule has 3 saturated heterocycles. The van der Waals surface area contributed by atoms with E-state index in [0.717, 1.165) is 62.3 Å². The van der Waals surface area contributed by atoms with Gasteiger partial charge in [0, 0.05) is 57.0 Å². The SMILES string of the molecule is Nc1cc(CN2CCC(C(=O)N3CCC(C(=NOCC(=O)N4CCOCC4)c4ccccn4)CC3)CC2)ccn1.